The van der Waals surface area contributed by atoms with Crippen LogP contribution >= 0.6 is 0 Å². The quantitative estimate of drug-likeness (QED) is 0.594. The lowest BCUT2D eigenvalue weighted by Gasteiger charge is -1.98. The van der Waals surface area contributed by atoms with Gasteiger partial charge < -0.3 is 4.52 Å². The van der Waals surface area contributed by atoms with Gasteiger partial charge in [-0.15, -0.1) is 0 Å². The highest BCUT2D eigenvalue weighted by atomic mass is 16.5. The predicted molar refractivity (Wildman–Crippen MR) is 58.3 cm³/mol. The first-order valence-corrected chi connectivity index (χ1v) is 4.75. The van der Waals surface area contributed by atoms with E-state index in [2.05, 4.69) is 23.4 Å². The number of nitrogens with zero attached hydrogens (tertiary/aromatic N) is 1. The summed E-state index contributed by atoms with van der Waals surface area (Å²) in [5.74, 6) is 0. The topological polar surface area (TPSA) is 26.0 Å². The molecule has 0 aliphatic heterocycles. The van der Waals surface area contributed by atoms with Crippen LogP contribution in [-0.2, 0) is 0 Å². The van der Waals surface area contributed by atoms with Crippen molar-refractivity contribution in [2.24, 2.45) is 0 Å². The molecule has 3 rings (SSSR count). The molecule has 3 aromatic rings. The van der Waals surface area contributed by atoms with Crippen LogP contribution < -0.4 is 0 Å². The Hall–Kier alpha value is -2.09. The Balaban J connectivity index is 2.22. The van der Waals surface area contributed by atoms with Crippen molar-refractivity contribution >= 4 is 10.8 Å². The van der Waals surface area contributed by atoms with E-state index in [9.17, 15) is 0 Å². The van der Waals surface area contributed by atoms with Gasteiger partial charge in [-0.25, -0.2) is 0 Å². The summed E-state index contributed by atoms with van der Waals surface area (Å²) in [6, 6.07) is 17.3. The number of fused-ring (bicyclic) bond motifs is 1. The van der Waals surface area contributed by atoms with E-state index in [4.69, 9.17) is 4.52 Å². The maximum Gasteiger partial charge on any atom is 0.124 e. The second kappa shape index (κ2) is 3.24. The van der Waals surface area contributed by atoms with Crippen molar-refractivity contribution in [1.29, 1.82) is 0 Å². The lowest BCUT2D eigenvalue weighted by molar-refractivity contribution is 0.422. The van der Waals surface area contributed by atoms with Gasteiger partial charge in [0.25, 0.3) is 0 Å². The number of hydrogen-bond acceptors (Lipinski definition) is 2. The summed E-state index contributed by atoms with van der Waals surface area (Å²) in [7, 11) is 0. The smallest absolute Gasteiger partial charge is 0.124 e. The van der Waals surface area contributed by atoms with E-state index in [1.54, 1.807) is 6.26 Å². The summed E-state index contributed by atoms with van der Waals surface area (Å²) in [6.45, 7) is 0. The molecule has 2 nitrogen and oxygen atoms in total. The van der Waals surface area contributed by atoms with Gasteiger partial charge in [-0.2, -0.15) is 0 Å². The maximum absolute atomic E-state index is 4.81. The summed E-state index contributed by atoms with van der Waals surface area (Å²) in [6.07, 6.45) is 1.57. The van der Waals surface area contributed by atoms with Crippen molar-refractivity contribution in [2.45, 2.75) is 0 Å². The molecule has 15 heavy (non-hydrogen) atoms. The summed E-state index contributed by atoms with van der Waals surface area (Å²) >= 11 is 0. The van der Waals surface area contributed by atoms with Gasteiger partial charge in [0.1, 0.15) is 12.0 Å². The average molecular weight is 194 g/mol. The van der Waals surface area contributed by atoms with Gasteiger partial charge in [0.15, 0.2) is 0 Å². The Morgan fingerprint density at radius 3 is 2.80 bits per heavy atom. The monoisotopic (exact) mass is 194 g/mol. The third-order valence-electron chi connectivity index (χ3n) is 2.37. The molecule has 1 radical (unpaired) electrons. The molecule has 0 amide bonds. The SMILES string of the molecule is [c]1c(-c2ccon2)ccc2ccccc12. The first kappa shape index (κ1) is 8.24. The second-order valence-corrected chi connectivity index (χ2v) is 3.34. The van der Waals surface area contributed by atoms with Crippen molar-refractivity contribution in [2.75, 3.05) is 0 Å². The largest absolute Gasteiger partial charge is 0.364 e. The molecule has 71 valence electrons. The van der Waals surface area contributed by atoms with Gasteiger partial charge in [-0.05, 0) is 10.8 Å². The van der Waals surface area contributed by atoms with Crippen LogP contribution in [0.1, 0.15) is 0 Å². The lowest BCUT2D eigenvalue weighted by atomic mass is 10.1. The van der Waals surface area contributed by atoms with Gasteiger partial charge in [0.05, 0.1) is 0 Å². The van der Waals surface area contributed by atoms with Crippen LogP contribution in [0, 0.1) is 6.07 Å². The van der Waals surface area contributed by atoms with Crippen molar-refractivity contribution in [1.82, 2.24) is 5.16 Å². The zero-order chi connectivity index (χ0) is 10.1. The molecule has 1 heterocycles. The molecular weight excluding hydrogens is 186 g/mol. The Morgan fingerprint density at radius 2 is 1.93 bits per heavy atom. The molecular formula is C13H8NO. The van der Waals surface area contributed by atoms with E-state index in [0.717, 1.165) is 16.6 Å². The molecule has 0 saturated heterocycles. The van der Waals surface area contributed by atoms with Crippen molar-refractivity contribution < 1.29 is 4.52 Å². The predicted octanol–water partition coefficient (Wildman–Crippen LogP) is 3.29. The van der Waals surface area contributed by atoms with Crippen LogP contribution in [0.5, 0.6) is 0 Å². The fraction of sp³-hybridized carbons (Fsp3) is 0. The molecule has 0 saturated carbocycles. The summed E-state index contributed by atoms with van der Waals surface area (Å²) in [5, 5.41) is 6.17. The fourth-order valence-electron chi connectivity index (χ4n) is 1.62. The van der Waals surface area contributed by atoms with Crippen molar-refractivity contribution in [3.63, 3.8) is 0 Å². The van der Waals surface area contributed by atoms with Crippen LogP contribution in [0.4, 0.5) is 0 Å². The molecule has 0 spiro atoms. The lowest BCUT2D eigenvalue weighted by Crippen LogP contribution is -1.78. The van der Waals surface area contributed by atoms with Crippen LogP contribution in [0.25, 0.3) is 22.0 Å². The minimum atomic E-state index is 0.820. The minimum Gasteiger partial charge on any atom is -0.364 e. The second-order valence-electron chi connectivity index (χ2n) is 3.34. The standard InChI is InChI=1S/C13H8NO/c1-2-4-11-9-12(6-5-10(11)3-1)13-7-8-15-14-13/h1-8H. The van der Waals surface area contributed by atoms with Crippen molar-refractivity contribution in [3.8, 4) is 11.3 Å². The Bertz CT molecular complexity index is 584. The molecule has 0 N–H and O–H groups in total. The van der Waals surface area contributed by atoms with E-state index >= 15 is 0 Å². The molecule has 0 atom stereocenters. The zero-order valence-electron chi connectivity index (χ0n) is 7.97. The Labute approximate surface area is 87.1 Å². The first-order valence-electron chi connectivity index (χ1n) is 4.75. The highest BCUT2D eigenvalue weighted by Crippen LogP contribution is 2.21. The Kier molecular flexibility index (Phi) is 1.78. The molecule has 2 aromatic carbocycles. The molecule has 0 fully saturated rings. The molecule has 0 bridgehead atoms. The molecule has 0 aliphatic rings. The van der Waals surface area contributed by atoms with E-state index < -0.39 is 0 Å². The van der Waals surface area contributed by atoms with Gasteiger partial charge in [0.2, 0.25) is 0 Å². The maximum atomic E-state index is 4.81. The summed E-state index contributed by atoms with van der Waals surface area (Å²) in [4.78, 5) is 0. The van der Waals surface area contributed by atoms with Crippen LogP contribution in [-0.4, -0.2) is 5.16 Å². The summed E-state index contributed by atoms with van der Waals surface area (Å²) in [5.41, 5.74) is 1.78. The van der Waals surface area contributed by atoms with Crippen LogP contribution in [0.3, 0.4) is 0 Å². The molecule has 2 heteroatoms. The summed E-state index contributed by atoms with van der Waals surface area (Å²) < 4.78 is 4.81. The van der Waals surface area contributed by atoms with Gasteiger partial charge in [0, 0.05) is 17.7 Å². The van der Waals surface area contributed by atoms with Gasteiger partial charge in [-0.1, -0.05) is 41.6 Å². The van der Waals surface area contributed by atoms with Crippen molar-refractivity contribution in [3.05, 3.63) is 54.8 Å². The van der Waals surface area contributed by atoms with E-state index in [1.807, 2.05) is 30.3 Å². The number of rotatable bonds is 1. The number of aromatic nitrogens is 1. The fourth-order valence-corrected chi connectivity index (χ4v) is 1.62. The zero-order valence-corrected chi connectivity index (χ0v) is 7.97. The normalized spacial score (nSPS) is 10.7. The number of hydrogen-bond donors (Lipinski definition) is 0. The molecule has 0 unspecified atom stereocenters. The van der Waals surface area contributed by atoms with Crippen LogP contribution in [0.15, 0.2) is 53.3 Å². The van der Waals surface area contributed by atoms with E-state index in [0.29, 0.717) is 0 Å². The van der Waals surface area contributed by atoms with Crippen LogP contribution in [0.2, 0.25) is 0 Å². The first-order chi connectivity index (χ1) is 7.43. The highest BCUT2D eigenvalue weighted by Gasteiger charge is 2.02. The third kappa shape index (κ3) is 1.40. The molecule has 0 aliphatic carbocycles. The molecule has 1 aromatic heterocycles. The van der Waals surface area contributed by atoms with Gasteiger partial charge in [-0.3, -0.25) is 0 Å². The van der Waals surface area contributed by atoms with E-state index in [-0.39, 0.29) is 0 Å². The van der Waals surface area contributed by atoms with Gasteiger partial charge >= 0.3 is 0 Å². The average Bonchev–Trinajstić information content (AvgIpc) is 2.82. The third-order valence-corrected chi connectivity index (χ3v) is 2.37. The number of benzene rings is 2. The Morgan fingerprint density at radius 1 is 1.00 bits per heavy atom. The highest BCUT2D eigenvalue weighted by molar-refractivity contribution is 5.85. The minimum absolute atomic E-state index is 0.820. The van der Waals surface area contributed by atoms with E-state index in [1.165, 1.54) is 5.39 Å².